The Labute approximate surface area is 107 Å². The molecule has 1 heterocycles. The molecule has 0 bridgehead atoms. The maximum absolute atomic E-state index is 11.1. The van der Waals surface area contributed by atoms with Gasteiger partial charge >= 0.3 is 0 Å². The average molecular weight is 253 g/mol. The van der Waals surface area contributed by atoms with Crippen LogP contribution in [-0.2, 0) is 4.79 Å². The van der Waals surface area contributed by atoms with E-state index in [-0.39, 0.29) is 18.0 Å². The monoisotopic (exact) mass is 252 g/mol. The van der Waals surface area contributed by atoms with E-state index in [9.17, 15) is 4.79 Å². The minimum atomic E-state index is 0.155. The summed E-state index contributed by atoms with van der Waals surface area (Å²) in [4.78, 5) is 11.1. The summed E-state index contributed by atoms with van der Waals surface area (Å²) in [6.07, 6.45) is 1.56. The highest BCUT2D eigenvalue weighted by atomic mass is 35.5. The van der Waals surface area contributed by atoms with E-state index < -0.39 is 0 Å². The van der Waals surface area contributed by atoms with Crippen molar-refractivity contribution in [3.63, 3.8) is 0 Å². The quantitative estimate of drug-likeness (QED) is 0.863. The van der Waals surface area contributed by atoms with E-state index in [1.54, 1.807) is 0 Å². The summed E-state index contributed by atoms with van der Waals surface area (Å²) in [5.74, 6) is 0.155. The van der Waals surface area contributed by atoms with E-state index in [1.165, 1.54) is 0 Å². The topological polar surface area (TPSA) is 41.1 Å². The summed E-state index contributed by atoms with van der Waals surface area (Å²) in [5.41, 5.74) is 1.10. The molecule has 2 atom stereocenters. The molecule has 1 aliphatic rings. The molecule has 2 rings (SSSR count). The van der Waals surface area contributed by atoms with Gasteiger partial charge in [-0.25, -0.2) is 0 Å². The Balaban J connectivity index is 1.87. The van der Waals surface area contributed by atoms with Gasteiger partial charge in [0.2, 0.25) is 5.91 Å². The first-order chi connectivity index (χ1) is 8.16. The minimum Gasteiger partial charge on any atom is -0.352 e. The van der Waals surface area contributed by atoms with Crippen molar-refractivity contribution in [1.29, 1.82) is 0 Å². The number of hydrogen-bond acceptors (Lipinski definition) is 2. The number of carbonyl (C=O) groups is 1. The van der Waals surface area contributed by atoms with Gasteiger partial charge < -0.3 is 10.6 Å². The van der Waals surface area contributed by atoms with Crippen molar-refractivity contribution in [2.45, 2.75) is 31.8 Å². The Bertz CT molecular complexity index is 408. The molecule has 0 spiro atoms. The summed E-state index contributed by atoms with van der Waals surface area (Å²) in [6, 6.07) is 8.28. The van der Waals surface area contributed by atoms with Crippen LogP contribution in [-0.4, -0.2) is 18.5 Å². The van der Waals surface area contributed by atoms with E-state index in [4.69, 9.17) is 11.6 Å². The van der Waals surface area contributed by atoms with Crippen LogP contribution in [0.1, 0.15) is 31.4 Å². The number of rotatable bonds is 4. The fraction of sp³-hybridized carbons (Fsp3) is 0.462. The first kappa shape index (κ1) is 12.4. The van der Waals surface area contributed by atoms with Gasteiger partial charge in [0.25, 0.3) is 0 Å². The van der Waals surface area contributed by atoms with Crippen molar-refractivity contribution >= 4 is 17.5 Å². The van der Waals surface area contributed by atoms with Crippen LogP contribution >= 0.6 is 11.6 Å². The number of carbonyl (C=O) groups excluding carboxylic acids is 1. The SMILES string of the molecule is C[C@H](NCC1CCC(=O)N1)c1ccccc1Cl. The largest absolute Gasteiger partial charge is 0.352 e. The second kappa shape index (κ2) is 5.52. The number of benzene rings is 1. The summed E-state index contributed by atoms with van der Waals surface area (Å²) in [7, 11) is 0. The molecule has 1 saturated heterocycles. The fourth-order valence-electron chi connectivity index (χ4n) is 2.09. The van der Waals surface area contributed by atoms with Gasteiger partial charge in [0, 0.05) is 30.1 Å². The van der Waals surface area contributed by atoms with E-state index >= 15 is 0 Å². The predicted octanol–water partition coefficient (Wildman–Crippen LogP) is 2.27. The van der Waals surface area contributed by atoms with Crippen molar-refractivity contribution < 1.29 is 4.79 Å². The molecular weight excluding hydrogens is 236 g/mol. The van der Waals surface area contributed by atoms with Gasteiger partial charge in [-0.15, -0.1) is 0 Å². The first-order valence-electron chi connectivity index (χ1n) is 5.94. The molecule has 1 aromatic carbocycles. The van der Waals surface area contributed by atoms with Crippen LogP contribution < -0.4 is 10.6 Å². The third kappa shape index (κ3) is 3.20. The lowest BCUT2D eigenvalue weighted by molar-refractivity contribution is -0.119. The molecule has 0 aromatic heterocycles. The van der Waals surface area contributed by atoms with Crippen molar-refractivity contribution in [1.82, 2.24) is 10.6 Å². The number of amides is 1. The molecule has 92 valence electrons. The van der Waals surface area contributed by atoms with Gasteiger partial charge in [-0.05, 0) is 25.0 Å². The summed E-state index contributed by atoms with van der Waals surface area (Å²) < 4.78 is 0. The predicted molar refractivity (Wildman–Crippen MR) is 69.0 cm³/mol. The Morgan fingerprint density at radius 1 is 1.53 bits per heavy atom. The lowest BCUT2D eigenvalue weighted by Gasteiger charge is -2.18. The Morgan fingerprint density at radius 2 is 2.29 bits per heavy atom. The zero-order valence-electron chi connectivity index (χ0n) is 9.87. The standard InChI is InChI=1S/C13H17ClN2O/c1-9(11-4-2-3-5-12(11)14)15-8-10-6-7-13(17)16-10/h2-5,9-10,15H,6-8H2,1H3,(H,16,17)/t9-,10?/m0/s1. The highest BCUT2D eigenvalue weighted by molar-refractivity contribution is 6.31. The molecule has 0 aliphatic carbocycles. The second-order valence-corrected chi connectivity index (χ2v) is 4.86. The maximum Gasteiger partial charge on any atom is 0.220 e. The van der Waals surface area contributed by atoms with Gasteiger partial charge in [0.1, 0.15) is 0 Å². The molecular formula is C13H17ClN2O. The molecule has 2 N–H and O–H groups in total. The Hall–Kier alpha value is -1.06. The van der Waals surface area contributed by atoms with Gasteiger partial charge in [-0.2, -0.15) is 0 Å². The molecule has 1 aliphatic heterocycles. The highest BCUT2D eigenvalue weighted by Gasteiger charge is 2.21. The van der Waals surface area contributed by atoms with Gasteiger partial charge in [0.15, 0.2) is 0 Å². The average Bonchev–Trinajstić information content (AvgIpc) is 2.73. The molecule has 0 radical (unpaired) electrons. The molecule has 1 unspecified atom stereocenters. The van der Waals surface area contributed by atoms with Gasteiger partial charge in [0.05, 0.1) is 0 Å². The van der Waals surface area contributed by atoms with Crippen LogP contribution in [0.5, 0.6) is 0 Å². The van der Waals surface area contributed by atoms with Gasteiger partial charge in [-0.1, -0.05) is 29.8 Å². The molecule has 17 heavy (non-hydrogen) atoms. The van der Waals surface area contributed by atoms with E-state index in [0.717, 1.165) is 23.6 Å². The van der Waals surface area contributed by atoms with Crippen molar-refractivity contribution in [3.05, 3.63) is 34.9 Å². The van der Waals surface area contributed by atoms with Crippen molar-refractivity contribution in [2.24, 2.45) is 0 Å². The Kier molecular flexibility index (Phi) is 4.02. The van der Waals surface area contributed by atoms with E-state index in [1.807, 2.05) is 24.3 Å². The molecule has 1 aromatic rings. The van der Waals surface area contributed by atoms with Crippen molar-refractivity contribution in [2.75, 3.05) is 6.54 Å². The zero-order chi connectivity index (χ0) is 12.3. The van der Waals surface area contributed by atoms with Crippen LogP contribution in [0.3, 0.4) is 0 Å². The lowest BCUT2D eigenvalue weighted by Crippen LogP contribution is -2.36. The van der Waals surface area contributed by atoms with E-state index in [0.29, 0.717) is 6.42 Å². The zero-order valence-corrected chi connectivity index (χ0v) is 10.6. The second-order valence-electron chi connectivity index (χ2n) is 4.45. The third-order valence-electron chi connectivity index (χ3n) is 3.13. The summed E-state index contributed by atoms with van der Waals surface area (Å²) in [6.45, 7) is 2.87. The molecule has 3 nitrogen and oxygen atoms in total. The molecule has 0 saturated carbocycles. The minimum absolute atomic E-state index is 0.155. The van der Waals surface area contributed by atoms with Crippen molar-refractivity contribution in [3.8, 4) is 0 Å². The maximum atomic E-state index is 11.1. The van der Waals surface area contributed by atoms with Crippen LogP contribution in [0.4, 0.5) is 0 Å². The molecule has 1 amide bonds. The lowest BCUT2D eigenvalue weighted by atomic mass is 10.1. The summed E-state index contributed by atoms with van der Waals surface area (Å²) in [5, 5.41) is 7.12. The molecule has 1 fully saturated rings. The first-order valence-corrected chi connectivity index (χ1v) is 6.32. The highest BCUT2D eigenvalue weighted by Crippen LogP contribution is 2.22. The molecule has 4 heteroatoms. The summed E-state index contributed by atoms with van der Waals surface area (Å²) >= 11 is 6.13. The van der Waals surface area contributed by atoms with Crippen LogP contribution in [0.25, 0.3) is 0 Å². The van der Waals surface area contributed by atoms with Crippen LogP contribution in [0.15, 0.2) is 24.3 Å². The number of nitrogens with one attached hydrogen (secondary N) is 2. The van der Waals surface area contributed by atoms with E-state index in [2.05, 4.69) is 17.6 Å². The fourth-order valence-corrected chi connectivity index (χ4v) is 2.39. The normalized spacial score (nSPS) is 21.3. The number of halogens is 1. The van der Waals surface area contributed by atoms with Crippen LogP contribution in [0.2, 0.25) is 5.02 Å². The number of hydrogen-bond donors (Lipinski definition) is 2. The van der Waals surface area contributed by atoms with Crippen LogP contribution in [0, 0.1) is 0 Å². The smallest absolute Gasteiger partial charge is 0.220 e. The third-order valence-corrected chi connectivity index (χ3v) is 3.47. The Morgan fingerprint density at radius 3 is 2.94 bits per heavy atom. The van der Waals surface area contributed by atoms with Gasteiger partial charge in [-0.3, -0.25) is 4.79 Å².